The smallest absolute Gasteiger partial charge is 0.0221 e. The van der Waals surface area contributed by atoms with Crippen molar-refractivity contribution in [2.24, 2.45) is 11.7 Å². The molecule has 0 heterocycles. The third-order valence-corrected chi connectivity index (χ3v) is 1.64. The maximum absolute atomic E-state index is 5.05. The molecule has 8 heavy (non-hydrogen) atoms. The molecule has 1 nitrogen and oxygen atoms in total. The van der Waals surface area contributed by atoms with E-state index in [4.69, 9.17) is 5.73 Å². The van der Waals surface area contributed by atoms with Gasteiger partial charge in [-0.15, -0.1) is 0 Å². The molecular weight excluding hydrogens is 98.1 g/mol. The first kappa shape index (κ1) is 5.50. The van der Waals surface area contributed by atoms with Crippen molar-refractivity contribution in [3.05, 3.63) is 0 Å². The van der Waals surface area contributed by atoms with Crippen molar-refractivity contribution in [1.29, 1.82) is 0 Å². The molecule has 0 saturated heterocycles. The van der Waals surface area contributed by atoms with E-state index >= 15 is 0 Å². The third kappa shape index (κ3) is 1.16. The lowest BCUT2D eigenvalue weighted by Crippen LogP contribution is -1.88. The van der Waals surface area contributed by atoms with Gasteiger partial charge in [-0.2, -0.15) is 0 Å². The maximum Gasteiger partial charge on any atom is 0.0221 e. The largest absolute Gasteiger partial charge is 0.359 e. The molecule has 1 rings (SSSR count). The molecule has 1 saturated carbocycles. The molecule has 0 amide bonds. The summed E-state index contributed by atoms with van der Waals surface area (Å²) < 4.78 is 0. The topological polar surface area (TPSA) is 26.0 Å². The molecular formula is C7H11N. The zero-order chi connectivity index (χ0) is 5.82. The minimum Gasteiger partial charge on any atom is -0.359 e. The molecule has 0 spiro atoms. The zero-order valence-corrected chi connectivity index (χ0v) is 4.98. The van der Waals surface area contributed by atoms with Crippen molar-refractivity contribution >= 4 is 0 Å². The minimum atomic E-state index is 0.625. The lowest BCUT2D eigenvalue weighted by Gasteiger charge is -1.92. The molecule has 0 atom stereocenters. The Hall–Kier alpha value is -0.640. The van der Waals surface area contributed by atoms with Crippen LogP contribution in [0.4, 0.5) is 0 Å². The quantitative estimate of drug-likeness (QED) is 0.366. The van der Waals surface area contributed by atoms with Gasteiger partial charge in [-0.1, -0.05) is 18.8 Å². The molecule has 1 aliphatic carbocycles. The highest BCUT2D eigenvalue weighted by Gasteiger charge is 2.10. The second kappa shape index (κ2) is 2.61. The Bertz CT molecular complexity index is 112. The Morgan fingerprint density at radius 3 is 2.38 bits per heavy atom. The molecule has 44 valence electrons. The summed E-state index contributed by atoms with van der Waals surface area (Å²) in [5.41, 5.74) is 5.05. The van der Waals surface area contributed by atoms with Crippen LogP contribution in [-0.4, -0.2) is 0 Å². The van der Waals surface area contributed by atoms with Gasteiger partial charge in [0.25, 0.3) is 0 Å². The van der Waals surface area contributed by atoms with E-state index in [1.807, 2.05) is 0 Å². The van der Waals surface area contributed by atoms with Gasteiger partial charge >= 0.3 is 0 Å². The maximum atomic E-state index is 5.05. The van der Waals surface area contributed by atoms with Crippen LogP contribution in [0.2, 0.25) is 0 Å². The van der Waals surface area contributed by atoms with Crippen LogP contribution in [0.1, 0.15) is 25.7 Å². The summed E-state index contributed by atoms with van der Waals surface area (Å²) in [5, 5.41) is 0. The lowest BCUT2D eigenvalue weighted by atomic mass is 10.1. The number of nitrogens with two attached hydrogens (primary N) is 1. The average molecular weight is 109 g/mol. The zero-order valence-electron chi connectivity index (χ0n) is 4.98. The van der Waals surface area contributed by atoms with E-state index in [0.29, 0.717) is 5.92 Å². The van der Waals surface area contributed by atoms with Crippen molar-refractivity contribution in [3.8, 4) is 12.0 Å². The van der Waals surface area contributed by atoms with Crippen molar-refractivity contribution in [3.63, 3.8) is 0 Å². The van der Waals surface area contributed by atoms with Gasteiger partial charge in [0.2, 0.25) is 0 Å². The van der Waals surface area contributed by atoms with Gasteiger partial charge in [-0.05, 0) is 12.8 Å². The first-order valence-corrected chi connectivity index (χ1v) is 3.14. The highest BCUT2D eigenvalue weighted by Crippen LogP contribution is 2.23. The predicted molar refractivity (Wildman–Crippen MR) is 33.9 cm³/mol. The van der Waals surface area contributed by atoms with E-state index in [9.17, 15) is 0 Å². The Kier molecular flexibility index (Phi) is 1.80. The molecule has 0 radical (unpaired) electrons. The van der Waals surface area contributed by atoms with Crippen LogP contribution < -0.4 is 5.73 Å². The molecule has 1 heteroatoms. The molecule has 0 aromatic rings. The fourth-order valence-electron chi connectivity index (χ4n) is 1.19. The number of rotatable bonds is 0. The molecule has 0 bridgehead atoms. The van der Waals surface area contributed by atoms with E-state index < -0.39 is 0 Å². The van der Waals surface area contributed by atoms with Crippen molar-refractivity contribution in [2.75, 3.05) is 0 Å². The van der Waals surface area contributed by atoms with Gasteiger partial charge in [0, 0.05) is 12.0 Å². The SMILES string of the molecule is NC#CC1CCCC1. The van der Waals surface area contributed by atoms with Crippen LogP contribution in [0.5, 0.6) is 0 Å². The lowest BCUT2D eigenvalue weighted by molar-refractivity contribution is 0.711. The molecule has 2 N–H and O–H groups in total. The Morgan fingerprint density at radius 2 is 1.88 bits per heavy atom. The van der Waals surface area contributed by atoms with E-state index in [1.165, 1.54) is 25.7 Å². The fraction of sp³-hybridized carbons (Fsp3) is 0.714. The van der Waals surface area contributed by atoms with E-state index in [1.54, 1.807) is 0 Å². The molecule has 0 aromatic heterocycles. The van der Waals surface area contributed by atoms with E-state index in [2.05, 4.69) is 12.0 Å². The average Bonchev–Trinajstić information content (AvgIpc) is 2.19. The van der Waals surface area contributed by atoms with Crippen LogP contribution in [0, 0.1) is 17.9 Å². The summed E-state index contributed by atoms with van der Waals surface area (Å²) in [6.07, 6.45) is 5.23. The summed E-state index contributed by atoms with van der Waals surface area (Å²) in [4.78, 5) is 0. The molecule has 0 aromatic carbocycles. The van der Waals surface area contributed by atoms with Crippen LogP contribution >= 0.6 is 0 Å². The van der Waals surface area contributed by atoms with Crippen molar-refractivity contribution in [2.45, 2.75) is 25.7 Å². The van der Waals surface area contributed by atoms with E-state index in [0.717, 1.165) is 0 Å². The monoisotopic (exact) mass is 109 g/mol. The molecule has 1 aliphatic rings. The first-order chi connectivity index (χ1) is 3.93. The second-order valence-electron chi connectivity index (χ2n) is 2.27. The highest BCUT2D eigenvalue weighted by atomic mass is 14.5. The van der Waals surface area contributed by atoms with Gasteiger partial charge < -0.3 is 5.73 Å². The third-order valence-electron chi connectivity index (χ3n) is 1.64. The summed E-state index contributed by atoms with van der Waals surface area (Å²) in [7, 11) is 0. The van der Waals surface area contributed by atoms with Crippen LogP contribution in [0.15, 0.2) is 0 Å². The standard InChI is InChI=1S/C7H11N/c8-6-5-7-3-1-2-4-7/h7H,1-4,8H2. The Morgan fingerprint density at radius 1 is 1.25 bits per heavy atom. The summed E-state index contributed by atoms with van der Waals surface area (Å²) in [6.45, 7) is 0. The number of hydrogen-bond donors (Lipinski definition) is 1. The first-order valence-electron chi connectivity index (χ1n) is 3.14. The summed E-state index contributed by atoms with van der Waals surface area (Å²) in [5.74, 6) is 3.60. The van der Waals surface area contributed by atoms with Gasteiger partial charge in [0.15, 0.2) is 0 Å². The number of hydrogen-bond acceptors (Lipinski definition) is 1. The van der Waals surface area contributed by atoms with Gasteiger partial charge in [-0.3, -0.25) is 0 Å². The Labute approximate surface area is 50.3 Å². The van der Waals surface area contributed by atoms with Gasteiger partial charge in [0.1, 0.15) is 0 Å². The second-order valence-corrected chi connectivity index (χ2v) is 2.27. The fourth-order valence-corrected chi connectivity index (χ4v) is 1.19. The van der Waals surface area contributed by atoms with Crippen LogP contribution in [0.25, 0.3) is 0 Å². The van der Waals surface area contributed by atoms with Crippen LogP contribution in [-0.2, 0) is 0 Å². The molecule has 1 fully saturated rings. The van der Waals surface area contributed by atoms with Gasteiger partial charge in [-0.25, -0.2) is 0 Å². The van der Waals surface area contributed by atoms with E-state index in [-0.39, 0.29) is 0 Å². The normalized spacial score (nSPS) is 20.0. The summed E-state index contributed by atoms with van der Waals surface area (Å²) >= 11 is 0. The van der Waals surface area contributed by atoms with Crippen LogP contribution in [0.3, 0.4) is 0 Å². The minimum absolute atomic E-state index is 0.625. The summed E-state index contributed by atoms with van der Waals surface area (Å²) in [6, 6.07) is 2.46. The van der Waals surface area contributed by atoms with Crippen molar-refractivity contribution in [1.82, 2.24) is 0 Å². The molecule has 0 unspecified atom stereocenters. The highest BCUT2D eigenvalue weighted by molar-refractivity contribution is 5.01. The Balaban J connectivity index is 2.32. The van der Waals surface area contributed by atoms with Gasteiger partial charge in [0.05, 0.1) is 0 Å². The predicted octanol–water partition coefficient (Wildman–Crippen LogP) is 1.10. The molecule has 0 aliphatic heterocycles. The van der Waals surface area contributed by atoms with Crippen molar-refractivity contribution < 1.29 is 0 Å².